The third-order valence-electron chi connectivity index (χ3n) is 5.16. The standard InChI is InChI=1S/C25H29NO4S/c1-5-6-8-17-10-12-18(13-11-17)23(22-9-7-14-31-22)26-25(27)19-15-20(28-2)24(30-4)21(16-19)29-3/h7,9-16,23H,5-6,8H2,1-4H3,(H,26,27). The molecule has 6 heteroatoms. The van der Waals surface area contributed by atoms with Crippen LogP contribution in [-0.4, -0.2) is 27.2 Å². The van der Waals surface area contributed by atoms with E-state index in [1.54, 1.807) is 23.5 Å². The maximum atomic E-state index is 13.2. The molecule has 3 aromatic rings. The lowest BCUT2D eigenvalue weighted by atomic mass is 10.0. The molecule has 164 valence electrons. The molecule has 0 fully saturated rings. The Labute approximate surface area is 188 Å². The molecule has 0 radical (unpaired) electrons. The van der Waals surface area contributed by atoms with Crippen molar-refractivity contribution in [2.24, 2.45) is 0 Å². The van der Waals surface area contributed by atoms with Crippen molar-refractivity contribution >= 4 is 17.2 Å². The second kappa shape index (κ2) is 10.9. The number of methoxy groups -OCH3 is 3. The van der Waals surface area contributed by atoms with Gasteiger partial charge < -0.3 is 19.5 Å². The van der Waals surface area contributed by atoms with Gasteiger partial charge in [0.2, 0.25) is 5.75 Å². The molecule has 0 saturated heterocycles. The number of unbranched alkanes of at least 4 members (excludes halogenated alkanes) is 1. The third kappa shape index (κ3) is 5.39. The number of aryl methyl sites for hydroxylation is 1. The Balaban J connectivity index is 1.90. The Hall–Kier alpha value is -2.99. The summed E-state index contributed by atoms with van der Waals surface area (Å²) in [5.41, 5.74) is 2.80. The van der Waals surface area contributed by atoms with Crippen molar-refractivity contribution in [3.05, 3.63) is 75.5 Å². The first-order chi connectivity index (χ1) is 15.1. The smallest absolute Gasteiger partial charge is 0.252 e. The van der Waals surface area contributed by atoms with Gasteiger partial charge in [0.15, 0.2) is 11.5 Å². The Morgan fingerprint density at radius 2 is 1.68 bits per heavy atom. The van der Waals surface area contributed by atoms with Crippen LogP contribution in [-0.2, 0) is 6.42 Å². The van der Waals surface area contributed by atoms with Crippen LogP contribution in [0.2, 0.25) is 0 Å². The van der Waals surface area contributed by atoms with Crippen molar-refractivity contribution in [1.82, 2.24) is 5.32 Å². The fraction of sp³-hybridized carbons (Fsp3) is 0.320. The number of carbonyl (C=O) groups excluding carboxylic acids is 1. The van der Waals surface area contributed by atoms with Crippen LogP contribution in [0.4, 0.5) is 0 Å². The van der Waals surface area contributed by atoms with Gasteiger partial charge in [-0.25, -0.2) is 0 Å². The molecule has 31 heavy (non-hydrogen) atoms. The SMILES string of the molecule is CCCCc1ccc(C(NC(=O)c2cc(OC)c(OC)c(OC)c2)c2cccs2)cc1. The fourth-order valence-electron chi connectivity index (χ4n) is 3.46. The van der Waals surface area contributed by atoms with Gasteiger partial charge in [0.05, 0.1) is 27.4 Å². The average Bonchev–Trinajstić information content (AvgIpc) is 3.35. The summed E-state index contributed by atoms with van der Waals surface area (Å²) in [6.07, 6.45) is 3.41. The number of amides is 1. The van der Waals surface area contributed by atoms with Gasteiger partial charge in [-0.05, 0) is 47.5 Å². The highest BCUT2D eigenvalue weighted by molar-refractivity contribution is 7.10. The number of thiophene rings is 1. The van der Waals surface area contributed by atoms with Gasteiger partial charge >= 0.3 is 0 Å². The van der Waals surface area contributed by atoms with E-state index in [4.69, 9.17) is 14.2 Å². The summed E-state index contributed by atoms with van der Waals surface area (Å²) < 4.78 is 16.1. The molecule has 1 aromatic heterocycles. The van der Waals surface area contributed by atoms with E-state index in [2.05, 4.69) is 36.5 Å². The molecule has 0 bridgehead atoms. The highest BCUT2D eigenvalue weighted by atomic mass is 32.1. The molecule has 1 atom stereocenters. The van der Waals surface area contributed by atoms with Crippen LogP contribution in [0.25, 0.3) is 0 Å². The summed E-state index contributed by atoms with van der Waals surface area (Å²) in [6, 6.07) is 15.6. The Kier molecular flexibility index (Phi) is 7.95. The maximum absolute atomic E-state index is 13.2. The van der Waals surface area contributed by atoms with Crippen LogP contribution in [0.1, 0.15) is 52.2 Å². The van der Waals surface area contributed by atoms with Crippen molar-refractivity contribution in [3.63, 3.8) is 0 Å². The quantitative estimate of drug-likeness (QED) is 0.444. The highest BCUT2D eigenvalue weighted by Gasteiger charge is 2.22. The monoisotopic (exact) mass is 439 g/mol. The van der Waals surface area contributed by atoms with Crippen molar-refractivity contribution in [2.75, 3.05) is 21.3 Å². The lowest BCUT2D eigenvalue weighted by Gasteiger charge is -2.20. The molecular weight excluding hydrogens is 410 g/mol. The van der Waals surface area contributed by atoms with E-state index in [0.29, 0.717) is 22.8 Å². The van der Waals surface area contributed by atoms with E-state index < -0.39 is 0 Å². The molecule has 0 aliphatic rings. The number of nitrogens with one attached hydrogen (secondary N) is 1. The largest absolute Gasteiger partial charge is 0.493 e. The molecule has 2 aromatic carbocycles. The summed E-state index contributed by atoms with van der Waals surface area (Å²) in [6.45, 7) is 2.19. The number of hydrogen-bond acceptors (Lipinski definition) is 5. The van der Waals surface area contributed by atoms with E-state index in [-0.39, 0.29) is 11.9 Å². The average molecular weight is 440 g/mol. The zero-order chi connectivity index (χ0) is 22.2. The van der Waals surface area contributed by atoms with E-state index in [1.165, 1.54) is 39.7 Å². The van der Waals surface area contributed by atoms with Crippen molar-refractivity contribution in [3.8, 4) is 17.2 Å². The van der Waals surface area contributed by atoms with Crippen molar-refractivity contribution in [2.45, 2.75) is 32.2 Å². The highest BCUT2D eigenvalue weighted by Crippen LogP contribution is 2.38. The number of rotatable bonds is 10. The van der Waals surface area contributed by atoms with Gasteiger partial charge in [-0.3, -0.25) is 4.79 Å². The summed E-state index contributed by atoms with van der Waals surface area (Å²) >= 11 is 1.62. The predicted molar refractivity (Wildman–Crippen MR) is 125 cm³/mol. The first kappa shape index (κ1) is 22.7. The van der Waals surface area contributed by atoms with Gasteiger partial charge in [-0.2, -0.15) is 0 Å². The van der Waals surface area contributed by atoms with Gasteiger partial charge in [0.1, 0.15) is 0 Å². The molecular formula is C25H29NO4S. The summed E-state index contributed by atoms with van der Waals surface area (Å²) in [5.74, 6) is 1.13. The third-order valence-corrected chi connectivity index (χ3v) is 6.10. The number of ether oxygens (including phenoxy) is 3. The van der Waals surface area contributed by atoms with Gasteiger partial charge in [-0.1, -0.05) is 43.7 Å². The Bertz CT molecular complexity index is 958. The fourth-order valence-corrected chi connectivity index (χ4v) is 4.26. The molecule has 0 saturated carbocycles. The molecule has 0 aliphatic carbocycles. The van der Waals surface area contributed by atoms with E-state index in [0.717, 1.165) is 16.9 Å². The van der Waals surface area contributed by atoms with Gasteiger partial charge in [0, 0.05) is 10.4 Å². The van der Waals surface area contributed by atoms with Crippen molar-refractivity contribution < 1.29 is 19.0 Å². The zero-order valence-electron chi connectivity index (χ0n) is 18.4. The molecule has 1 unspecified atom stereocenters. The second-order valence-electron chi connectivity index (χ2n) is 7.18. The minimum Gasteiger partial charge on any atom is -0.493 e. The maximum Gasteiger partial charge on any atom is 0.252 e. The van der Waals surface area contributed by atoms with Crippen molar-refractivity contribution in [1.29, 1.82) is 0 Å². The molecule has 1 N–H and O–H groups in total. The van der Waals surface area contributed by atoms with Crippen LogP contribution in [0.5, 0.6) is 17.2 Å². The van der Waals surface area contributed by atoms with Crippen LogP contribution in [0.15, 0.2) is 53.9 Å². The second-order valence-corrected chi connectivity index (χ2v) is 8.16. The summed E-state index contributed by atoms with van der Waals surface area (Å²) in [7, 11) is 4.61. The van der Waals surface area contributed by atoms with Crippen LogP contribution in [0, 0.1) is 0 Å². The van der Waals surface area contributed by atoms with Crippen LogP contribution < -0.4 is 19.5 Å². The molecule has 0 spiro atoms. The molecule has 1 heterocycles. The van der Waals surface area contributed by atoms with Gasteiger partial charge in [-0.15, -0.1) is 11.3 Å². The number of hydrogen-bond donors (Lipinski definition) is 1. The number of benzene rings is 2. The first-order valence-electron chi connectivity index (χ1n) is 10.3. The van der Waals surface area contributed by atoms with Crippen LogP contribution in [0.3, 0.4) is 0 Å². The minimum atomic E-state index is -0.244. The molecule has 1 amide bonds. The lowest BCUT2D eigenvalue weighted by Crippen LogP contribution is -2.29. The van der Waals surface area contributed by atoms with E-state index >= 15 is 0 Å². The first-order valence-corrected chi connectivity index (χ1v) is 11.2. The van der Waals surface area contributed by atoms with E-state index in [1.807, 2.05) is 17.5 Å². The molecule has 5 nitrogen and oxygen atoms in total. The normalized spacial score (nSPS) is 11.6. The molecule has 0 aliphatic heterocycles. The Morgan fingerprint density at radius 3 is 2.19 bits per heavy atom. The van der Waals surface area contributed by atoms with E-state index in [9.17, 15) is 4.79 Å². The Morgan fingerprint density at radius 1 is 1.00 bits per heavy atom. The molecule has 3 rings (SSSR count). The predicted octanol–water partition coefficient (Wildman–Crippen LogP) is 5.64. The minimum absolute atomic E-state index is 0.215. The lowest BCUT2D eigenvalue weighted by molar-refractivity contribution is 0.0942. The topological polar surface area (TPSA) is 56.8 Å². The van der Waals surface area contributed by atoms with Gasteiger partial charge in [0.25, 0.3) is 5.91 Å². The zero-order valence-corrected chi connectivity index (χ0v) is 19.3. The van der Waals surface area contributed by atoms with Crippen LogP contribution >= 0.6 is 11.3 Å². The number of carbonyl (C=O) groups is 1. The summed E-state index contributed by atoms with van der Waals surface area (Å²) in [4.78, 5) is 14.3. The summed E-state index contributed by atoms with van der Waals surface area (Å²) in [5, 5.41) is 5.19.